The van der Waals surface area contributed by atoms with Gasteiger partial charge >= 0.3 is 0 Å². The van der Waals surface area contributed by atoms with Crippen molar-refractivity contribution in [3.8, 4) is 0 Å². The molecule has 1 amide bonds. The summed E-state index contributed by atoms with van der Waals surface area (Å²) in [5, 5.41) is 7.04. The van der Waals surface area contributed by atoms with E-state index < -0.39 is 15.9 Å². The minimum Gasteiger partial charge on any atom is -0.387 e. The fourth-order valence-corrected chi connectivity index (χ4v) is 4.18. The molecule has 13 heteroatoms. The summed E-state index contributed by atoms with van der Waals surface area (Å²) >= 11 is 1.31. The Bertz CT molecular complexity index is 1200. The fourth-order valence-electron chi connectivity index (χ4n) is 2.51. The molecular formula is C20H22N6O5S2. The Morgan fingerprint density at radius 2 is 1.88 bits per heavy atom. The molecule has 2 aromatic heterocycles. The Morgan fingerprint density at radius 1 is 1.15 bits per heavy atom. The monoisotopic (exact) mass is 490 g/mol. The molecule has 0 radical (unpaired) electrons. The SMILES string of the molecule is COCCNS(=O)(=O)c1ccc(C(=NOCc2ncccn2)C(=O)Nc2ncc(C)s2)cc1. The van der Waals surface area contributed by atoms with E-state index in [4.69, 9.17) is 9.57 Å². The summed E-state index contributed by atoms with van der Waals surface area (Å²) in [6, 6.07) is 7.36. The molecule has 33 heavy (non-hydrogen) atoms. The number of amides is 1. The average molecular weight is 491 g/mol. The van der Waals surface area contributed by atoms with Crippen LogP contribution in [0.5, 0.6) is 0 Å². The van der Waals surface area contributed by atoms with E-state index >= 15 is 0 Å². The van der Waals surface area contributed by atoms with Gasteiger partial charge in [0.15, 0.2) is 23.3 Å². The molecule has 0 fully saturated rings. The number of oxime groups is 1. The Labute approximate surface area is 194 Å². The lowest BCUT2D eigenvalue weighted by atomic mass is 10.1. The Hall–Kier alpha value is -3.26. The number of carbonyl (C=O) groups is 1. The van der Waals surface area contributed by atoms with E-state index in [2.05, 4.69) is 30.1 Å². The van der Waals surface area contributed by atoms with Gasteiger partial charge in [-0.15, -0.1) is 11.3 Å². The number of hydrogen-bond donors (Lipinski definition) is 2. The van der Waals surface area contributed by atoms with Crippen LogP contribution in [0.25, 0.3) is 0 Å². The molecule has 0 atom stereocenters. The number of nitrogens with one attached hydrogen (secondary N) is 2. The number of benzene rings is 1. The molecule has 0 spiro atoms. The number of rotatable bonds is 11. The molecule has 0 aliphatic rings. The van der Waals surface area contributed by atoms with Crippen LogP contribution in [0.15, 0.2) is 59.0 Å². The van der Waals surface area contributed by atoms with E-state index in [1.165, 1.54) is 42.7 Å². The van der Waals surface area contributed by atoms with Gasteiger partial charge in [-0.3, -0.25) is 10.1 Å². The molecule has 0 aliphatic carbocycles. The van der Waals surface area contributed by atoms with Gasteiger partial charge < -0.3 is 9.57 Å². The summed E-state index contributed by atoms with van der Waals surface area (Å²) in [6.45, 7) is 2.19. The number of anilines is 1. The molecule has 1 aromatic carbocycles. The number of nitrogens with zero attached hydrogens (tertiary/aromatic N) is 4. The number of ether oxygens (including phenoxy) is 1. The highest BCUT2D eigenvalue weighted by Gasteiger charge is 2.19. The van der Waals surface area contributed by atoms with Crippen LogP contribution < -0.4 is 10.0 Å². The Kier molecular flexibility index (Phi) is 8.54. The first-order valence-corrected chi connectivity index (χ1v) is 12.0. The number of sulfonamides is 1. The molecule has 0 unspecified atom stereocenters. The summed E-state index contributed by atoms with van der Waals surface area (Å²) < 4.78 is 32.0. The largest absolute Gasteiger partial charge is 0.387 e. The lowest BCUT2D eigenvalue weighted by molar-refractivity contribution is -0.110. The van der Waals surface area contributed by atoms with Gasteiger partial charge in [-0.05, 0) is 25.1 Å². The van der Waals surface area contributed by atoms with Gasteiger partial charge in [0.1, 0.15) is 0 Å². The molecule has 2 heterocycles. The van der Waals surface area contributed by atoms with Crippen molar-refractivity contribution in [2.75, 3.05) is 25.6 Å². The van der Waals surface area contributed by atoms with E-state index in [0.29, 0.717) is 16.5 Å². The summed E-state index contributed by atoms with van der Waals surface area (Å²) in [5.41, 5.74) is 0.292. The maximum absolute atomic E-state index is 12.9. The predicted octanol–water partition coefficient (Wildman–Crippen LogP) is 1.73. The van der Waals surface area contributed by atoms with Crippen LogP contribution in [0.4, 0.5) is 5.13 Å². The van der Waals surface area contributed by atoms with Crippen LogP contribution in [0, 0.1) is 6.92 Å². The van der Waals surface area contributed by atoms with Crippen molar-refractivity contribution in [3.63, 3.8) is 0 Å². The second-order valence-electron chi connectivity index (χ2n) is 6.52. The van der Waals surface area contributed by atoms with Crippen molar-refractivity contribution in [2.24, 2.45) is 5.16 Å². The van der Waals surface area contributed by atoms with Crippen LogP contribution in [0.3, 0.4) is 0 Å². The van der Waals surface area contributed by atoms with Crippen LogP contribution in [-0.2, 0) is 31.0 Å². The average Bonchev–Trinajstić information content (AvgIpc) is 3.22. The molecule has 3 aromatic rings. The zero-order chi connectivity index (χ0) is 23.7. The number of methoxy groups -OCH3 is 1. The van der Waals surface area contributed by atoms with Crippen molar-refractivity contribution < 1.29 is 22.8 Å². The van der Waals surface area contributed by atoms with Crippen molar-refractivity contribution in [1.29, 1.82) is 0 Å². The predicted molar refractivity (Wildman–Crippen MR) is 122 cm³/mol. The van der Waals surface area contributed by atoms with Crippen molar-refractivity contribution in [1.82, 2.24) is 19.7 Å². The highest BCUT2D eigenvalue weighted by molar-refractivity contribution is 7.89. The lowest BCUT2D eigenvalue weighted by Gasteiger charge is -2.09. The number of aryl methyl sites for hydroxylation is 1. The third-order valence-corrected chi connectivity index (χ3v) is 6.37. The topological polar surface area (TPSA) is 145 Å². The molecule has 0 saturated carbocycles. The molecule has 11 nitrogen and oxygen atoms in total. The summed E-state index contributed by atoms with van der Waals surface area (Å²) in [5.74, 6) is -0.174. The van der Waals surface area contributed by atoms with Crippen LogP contribution in [0.1, 0.15) is 16.3 Å². The normalized spacial score (nSPS) is 11.9. The van der Waals surface area contributed by atoms with Crippen LogP contribution >= 0.6 is 11.3 Å². The second kappa shape index (κ2) is 11.6. The van der Waals surface area contributed by atoms with Crippen LogP contribution in [0.2, 0.25) is 0 Å². The number of carbonyl (C=O) groups excluding carboxylic acids is 1. The maximum atomic E-state index is 12.9. The summed E-state index contributed by atoms with van der Waals surface area (Å²) in [6.07, 6.45) is 4.76. The number of hydrogen-bond acceptors (Lipinski definition) is 10. The van der Waals surface area contributed by atoms with Gasteiger partial charge in [0.2, 0.25) is 10.0 Å². The summed E-state index contributed by atoms with van der Waals surface area (Å²) in [4.78, 5) is 31.3. The van der Waals surface area contributed by atoms with Gasteiger partial charge in [0, 0.05) is 42.7 Å². The highest BCUT2D eigenvalue weighted by atomic mass is 32.2. The van der Waals surface area contributed by atoms with Gasteiger partial charge in [0.05, 0.1) is 11.5 Å². The smallest absolute Gasteiger partial charge is 0.280 e. The first-order valence-electron chi connectivity index (χ1n) is 9.67. The molecule has 3 rings (SSSR count). The van der Waals surface area contributed by atoms with Crippen molar-refractivity contribution in [3.05, 3.63) is 65.2 Å². The second-order valence-corrected chi connectivity index (χ2v) is 9.53. The van der Waals surface area contributed by atoms with Gasteiger partial charge in [-0.25, -0.2) is 28.1 Å². The quantitative estimate of drug-likeness (QED) is 0.235. The Balaban J connectivity index is 1.81. The van der Waals surface area contributed by atoms with Crippen LogP contribution in [-0.4, -0.2) is 55.3 Å². The highest BCUT2D eigenvalue weighted by Crippen LogP contribution is 2.18. The van der Waals surface area contributed by atoms with E-state index in [1.54, 1.807) is 24.7 Å². The molecule has 0 bridgehead atoms. The van der Waals surface area contributed by atoms with E-state index in [0.717, 1.165) is 4.88 Å². The minimum absolute atomic E-state index is 0.0382. The summed E-state index contributed by atoms with van der Waals surface area (Å²) in [7, 11) is -2.24. The number of thiazole rings is 1. The van der Waals surface area contributed by atoms with Crippen molar-refractivity contribution >= 4 is 38.1 Å². The molecule has 0 saturated heterocycles. The van der Waals surface area contributed by atoms with Gasteiger partial charge in [-0.1, -0.05) is 17.3 Å². The van der Waals surface area contributed by atoms with Gasteiger partial charge in [0.25, 0.3) is 5.91 Å². The minimum atomic E-state index is -3.72. The standard InChI is InChI=1S/C20H22N6O5S2/c1-14-12-23-20(32-14)25-19(27)18(26-31-13-17-21-8-3-9-22-17)15-4-6-16(7-5-15)33(28,29)24-10-11-30-2/h3-9,12,24H,10-11,13H2,1-2H3,(H,23,25,27). The van der Waals surface area contributed by atoms with Gasteiger partial charge in [-0.2, -0.15) is 0 Å². The third-order valence-electron chi connectivity index (χ3n) is 4.06. The zero-order valence-corrected chi connectivity index (χ0v) is 19.5. The first-order chi connectivity index (χ1) is 15.9. The first kappa shape index (κ1) is 24.4. The maximum Gasteiger partial charge on any atom is 0.280 e. The molecule has 2 N–H and O–H groups in total. The molecule has 174 valence electrons. The van der Waals surface area contributed by atoms with Crippen molar-refractivity contribution in [2.45, 2.75) is 18.4 Å². The van der Waals surface area contributed by atoms with E-state index in [1.807, 2.05) is 6.92 Å². The molecular weight excluding hydrogens is 468 g/mol. The van der Waals surface area contributed by atoms with E-state index in [-0.39, 0.29) is 30.4 Å². The third kappa shape index (κ3) is 7.12. The number of aromatic nitrogens is 3. The zero-order valence-electron chi connectivity index (χ0n) is 17.9. The van der Waals surface area contributed by atoms with E-state index in [9.17, 15) is 13.2 Å². The lowest BCUT2D eigenvalue weighted by Crippen LogP contribution is -2.27. The molecule has 0 aliphatic heterocycles. The fraction of sp³-hybridized carbons (Fsp3) is 0.250. The Morgan fingerprint density at radius 3 is 2.52 bits per heavy atom.